The van der Waals surface area contributed by atoms with E-state index in [1.54, 1.807) is 26.0 Å². The van der Waals surface area contributed by atoms with Crippen LogP contribution in [0.25, 0.3) is 6.08 Å². The Kier molecular flexibility index (Phi) is 8.90. The van der Waals surface area contributed by atoms with Crippen molar-refractivity contribution in [1.29, 1.82) is 5.26 Å². The van der Waals surface area contributed by atoms with Crippen LogP contribution in [0.2, 0.25) is 10.0 Å². The van der Waals surface area contributed by atoms with E-state index in [9.17, 15) is 20.2 Å². The van der Waals surface area contributed by atoms with E-state index in [2.05, 4.69) is 5.32 Å². The van der Waals surface area contributed by atoms with Gasteiger partial charge in [0.15, 0.2) is 11.5 Å². The zero-order valence-corrected chi connectivity index (χ0v) is 20.9. The van der Waals surface area contributed by atoms with Crippen molar-refractivity contribution in [3.05, 3.63) is 97.0 Å². The van der Waals surface area contributed by atoms with Crippen molar-refractivity contribution < 1.29 is 19.2 Å². The summed E-state index contributed by atoms with van der Waals surface area (Å²) in [5.74, 6) is -0.101. The molecule has 0 aliphatic carbocycles. The van der Waals surface area contributed by atoms with Gasteiger partial charge in [-0.05, 0) is 49.2 Å². The van der Waals surface area contributed by atoms with Gasteiger partial charge in [-0.3, -0.25) is 14.9 Å². The van der Waals surface area contributed by atoms with Gasteiger partial charge in [-0.25, -0.2) is 0 Å². The fourth-order valence-electron chi connectivity index (χ4n) is 3.20. The molecule has 0 saturated heterocycles. The van der Waals surface area contributed by atoms with Crippen molar-refractivity contribution >= 4 is 46.6 Å². The van der Waals surface area contributed by atoms with Gasteiger partial charge in [-0.2, -0.15) is 5.26 Å². The summed E-state index contributed by atoms with van der Waals surface area (Å²) in [6.07, 6.45) is 1.34. The largest absolute Gasteiger partial charge is 0.490 e. The van der Waals surface area contributed by atoms with Crippen molar-refractivity contribution in [3.63, 3.8) is 0 Å². The number of nitro groups is 1. The Morgan fingerprint density at radius 2 is 1.89 bits per heavy atom. The summed E-state index contributed by atoms with van der Waals surface area (Å²) in [6, 6.07) is 16.3. The lowest BCUT2D eigenvalue weighted by atomic mass is 10.1. The topological polar surface area (TPSA) is 114 Å². The lowest BCUT2D eigenvalue weighted by Crippen LogP contribution is -2.14. The fourth-order valence-corrected chi connectivity index (χ4v) is 3.67. The summed E-state index contributed by atoms with van der Waals surface area (Å²) in [5, 5.41) is 24.0. The Balaban J connectivity index is 1.88. The van der Waals surface area contributed by atoms with E-state index in [-0.39, 0.29) is 28.6 Å². The van der Waals surface area contributed by atoms with E-state index >= 15 is 0 Å². The van der Waals surface area contributed by atoms with Gasteiger partial charge in [0.25, 0.3) is 11.6 Å². The van der Waals surface area contributed by atoms with Crippen LogP contribution in [0.15, 0.2) is 60.2 Å². The molecule has 0 radical (unpaired) electrons. The quantitative estimate of drug-likeness (QED) is 0.143. The Morgan fingerprint density at radius 1 is 1.14 bits per heavy atom. The number of hydrogen-bond donors (Lipinski definition) is 1. The summed E-state index contributed by atoms with van der Waals surface area (Å²) in [4.78, 5) is 23.3. The van der Waals surface area contributed by atoms with E-state index in [1.165, 1.54) is 30.3 Å². The molecular formula is C26H21Cl2N3O5. The average molecular weight is 526 g/mol. The summed E-state index contributed by atoms with van der Waals surface area (Å²) in [5.41, 5.74) is 1.61. The zero-order chi connectivity index (χ0) is 26.2. The number of anilines is 1. The van der Waals surface area contributed by atoms with Crippen LogP contribution < -0.4 is 14.8 Å². The molecular weight excluding hydrogens is 505 g/mol. The molecule has 0 unspecified atom stereocenters. The number of nitro benzene ring substituents is 1. The van der Waals surface area contributed by atoms with Crippen LogP contribution in [-0.4, -0.2) is 17.4 Å². The normalized spacial score (nSPS) is 10.9. The maximum absolute atomic E-state index is 12.8. The summed E-state index contributed by atoms with van der Waals surface area (Å²) < 4.78 is 11.6. The van der Waals surface area contributed by atoms with Crippen molar-refractivity contribution in [3.8, 4) is 17.6 Å². The number of non-ortho nitro benzene ring substituents is 1. The molecule has 8 nitrogen and oxygen atoms in total. The van der Waals surface area contributed by atoms with Crippen molar-refractivity contribution in [1.82, 2.24) is 0 Å². The number of halogens is 2. The number of rotatable bonds is 9. The monoisotopic (exact) mass is 525 g/mol. The predicted molar refractivity (Wildman–Crippen MR) is 138 cm³/mol. The van der Waals surface area contributed by atoms with Crippen molar-refractivity contribution in [2.24, 2.45) is 0 Å². The standard InChI is InChI=1S/C26H21Cl2N3O5/c1-3-35-24-12-17(11-22(28)25(24)36-15-18-6-4-5-7-21(18)27)10-19(14-29)26(32)30-23-13-20(31(33)34)9-8-16(23)2/h4-13H,3,15H2,1-2H3,(H,30,32)/b19-10+. The van der Waals surface area contributed by atoms with Crippen LogP contribution >= 0.6 is 23.2 Å². The predicted octanol–water partition coefficient (Wildman–Crippen LogP) is 6.73. The van der Waals surface area contributed by atoms with Gasteiger partial charge in [0.1, 0.15) is 18.2 Å². The summed E-state index contributed by atoms with van der Waals surface area (Å²) in [6.45, 7) is 3.96. The molecule has 0 bridgehead atoms. The molecule has 10 heteroatoms. The third-order valence-corrected chi connectivity index (χ3v) is 5.67. The van der Waals surface area contributed by atoms with Gasteiger partial charge in [-0.15, -0.1) is 0 Å². The number of nitrogens with zero attached hydrogens (tertiary/aromatic N) is 2. The zero-order valence-electron chi connectivity index (χ0n) is 19.4. The van der Waals surface area contributed by atoms with Gasteiger partial charge in [0.05, 0.1) is 22.2 Å². The molecule has 3 aromatic rings. The number of benzene rings is 3. The van der Waals surface area contributed by atoms with Gasteiger partial charge >= 0.3 is 0 Å². The molecule has 1 N–H and O–H groups in total. The first-order chi connectivity index (χ1) is 17.2. The first kappa shape index (κ1) is 26.5. The van der Waals surface area contributed by atoms with Crippen LogP contribution in [0.3, 0.4) is 0 Å². The summed E-state index contributed by atoms with van der Waals surface area (Å²) in [7, 11) is 0. The van der Waals surface area contributed by atoms with Crippen molar-refractivity contribution in [2.45, 2.75) is 20.5 Å². The van der Waals surface area contributed by atoms with E-state index in [1.807, 2.05) is 24.3 Å². The van der Waals surface area contributed by atoms with Gasteiger partial charge in [0, 0.05) is 22.7 Å². The SMILES string of the molecule is CCOc1cc(/C=C(\C#N)C(=O)Nc2cc([N+](=O)[O-])ccc2C)cc(Cl)c1OCc1ccccc1Cl. The molecule has 0 saturated carbocycles. The third-order valence-electron chi connectivity index (χ3n) is 5.02. The first-order valence-corrected chi connectivity index (χ1v) is 11.5. The molecule has 0 aliphatic heterocycles. The molecule has 1 amide bonds. The number of nitrogens with one attached hydrogen (secondary N) is 1. The van der Waals surface area contributed by atoms with Crippen LogP contribution in [0.1, 0.15) is 23.6 Å². The number of nitriles is 1. The highest BCUT2D eigenvalue weighted by atomic mass is 35.5. The fraction of sp³-hybridized carbons (Fsp3) is 0.154. The molecule has 0 aromatic heterocycles. The van der Waals surface area contributed by atoms with E-state index in [0.717, 1.165) is 5.56 Å². The second-order valence-corrected chi connectivity index (χ2v) is 8.34. The lowest BCUT2D eigenvalue weighted by Gasteiger charge is -2.15. The highest BCUT2D eigenvalue weighted by Crippen LogP contribution is 2.38. The van der Waals surface area contributed by atoms with Gasteiger partial charge in [-0.1, -0.05) is 47.5 Å². The lowest BCUT2D eigenvalue weighted by molar-refractivity contribution is -0.384. The Labute approximate surface area is 217 Å². The minimum Gasteiger partial charge on any atom is -0.490 e. The number of hydrogen-bond acceptors (Lipinski definition) is 6. The molecule has 0 atom stereocenters. The van der Waals surface area contributed by atoms with Crippen LogP contribution in [0.5, 0.6) is 11.5 Å². The second kappa shape index (κ2) is 12.1. The Morgan fingerprint density at radius 3 is 2.56 bits per heavy atom. The van der Waals surface area contributed by atoms with Gasteiger partial charge < -0.3 is 14.8 Å². The van der Waals surface area contributed by atoms with E-state index in [0.29, 0.717) is 34.3 Å². The molecule has 184 valence electrons. The molecule has 3 aromatic carbocycles. The average Bonchev–Trinajstić information content (AvgIpc) is 2.84. The third kappa shape index (κ3) is 6.54. The van der Waals surface area contributed by atoms with E-state index < -0.39 is 10.8 Å². The second-order valence-electron chi connectivity index (χ2n) is 7.52. The molecule has 0 fully saturated rings. The molecule has 0 aliphatic rings. The Hall–Kier alpha value is -4.06. The number of carbonyl (C=O) groups is 1. The maximum Gasteiger partial charge on any atom is 0.271 e. The summed E-state index contributed by atoms with van der Waals surface area (Å²) >= 11 is 12.7. The number of carbonyl (C=O) groups excluding carboxylic acids is 1. The van der Waals surface area contributed by atoms with E-state index in [4.69, 9.17) is 32.7 Å². The smallest absolute Gasteiger partial charge is 0.271 e. The maximum atomic E-state index is 12.8. The number of aryl methyl sites for hydroxylation is 1. The van der Waals surface area contributed by atoms with Crippen LogP contribution in [0.4, 0.5) is 11.4 Å². The Bertz CT molecular complexity index is 1380. The minimum atomic E-state index is -0.728. The first-order valence-electron chi connectivity index (χ1n) is 10.7. The minimum absolute atomic E-state index is 0.156. The van der Waals surface area contributed by atoms with Crippen molar-refractivity contribution in [2.75, 3.05) is 11.9 Å². The highest BCUT2D eigenvalue weighted by Gasteiger charge is 2.17. The van der Waals surface area contributed by atoms with Crippen LogP contribution in [0, 0.1) is 28.4 Å². The number of amides is 1. The van der Waals surface area contributed by atoms with Gasteiger partial charge in [0.2, 0.25) is 0 Å². The van der Waals surface area contributed by atoms with Crippen LogP contribution in [-0.2, 0) is 11.4 Å². The molecule has 36 heavy (non-hydrogen) atoms. The highest BCUT2D eigenvalue weighted by molar-refractivity contribution is 6.32. The molecule has 0 heterocycles. The number of ether oxygens (including phenoxy) is 2. The molecule has 0 spiro atoms. The molecule has 3 rings (SSSR count).